The zero-order valence-electron chi connectivity index (χ0n) is 12.0. The van der Waals surface area contributed by atoms with Gasteiger partial charge in [-0.1, -0.05) is 20.4 Å². The summed E-state index contributed by atoms with van der Waals surface area (Å²) >= 11 is 0. The van der Waals surface area contributed by atoms with Gasteiger partial charge in [0.1, 0.15) is 6.04 Å². The zero-order valence-corrected chi connectivity index (χ0v) is 12.0. The van der Waals surface area contributed by atoms with E-state index in [9.17, 15) is 14.4 Å². The van der Waals surface area contributed by atoms with E-state index in [4.69, 9.17) is 5.73 Å². The molecule has 0 bridgehead atoms. The first-order chi connectivity index (χ1) is 8.72. The van der Waals surface area contributed by atoms with Crippen LogP contribution in [0.1, 0.15) is 20.3 Å². The molecule has 0 aliphatic rings. The summed E-state index contributed by atoms with van der Waals surface area (Å²) in [5.41, 5.74) is 5.29. The molecular weight excluding hydrogens is 246 g/mol. The summed E-state index contributed by atoms with van der Waals surface area (Å²) in [5.74, 6) is -1.05. The second kappa shape index (κ2) is 7.56. The fraction of sp³-hybridized carbons (Fsp3) is 0.615. The van der Waals surface area contributed by atoms with Crippen LogP contribution < -0.4 is 5.73 Å². The van der Waals surface area contributed by atoms with Crippen LogP contribution >= 0.6 is 0 Å². The van der Waals surface area contributed by atoms with Gasteiger partial charge in [0.25, 0.3) is 0 Å². The fourth-order valence-corrected chi connectivity index (χ4v) is 1.83. The quantitative estimate of drug-likeness (QED) is 0.660. The lowest BCUT2D eigenvalue weighted by Gasteiger charge is -2.29. The second-order valence-electron chi connectivity index (χ2n) is 4.81. The minimum Gasteiger partial charge on any atom is -0.368 e. The Kier molecular flexibility index (Phi) is 6.82. The molecule has 108 valence electrons. The molecule has 0 unspecified atom stereocenters. The average Bonchev–Trinajstić information content (AvgIpc) is 2.33. The van der Waals surface area contributed by atoms with Crippen LogP contribution in [-0.4, -0.2) is 54.2 Å². The number of nitrogens with zero attached hydrogens (tertiary/aromatic N) is 2. The summed E-state index contributed by atoms with van der Waals surface area (Å²) in [7, 11) is 3.14. The van der Waals surface area contributed by atoms with Crippen molar-refractivity contribution in [3.05, 3.63) is 12.7 Å². The molecule has 0 radical (unpaired) electrons. The molecule has 19 heavy (non-hydrogen) atoms. The van der Waals surface area contributed by atoms with Gasteiger partial charge in [0.2, 0.25) is 17.7 Å². The van der Waals surface area contributed by atoms with E-state index >= 15 is 0 Å². The zero-order chi connectivity index (χ0) is 15.2. The van der Waals surface area contributed by atoms with Gasteiger partial charge in [-0.3, -0.25) is 14.4 Å². The number of hydrogen-bond acceptors (Lipinski definition) is 3. The Morgan fingerprint density at radius 2 is 1.79 bits per heavy atom. The molecule has 0 saturated heterocycles. The summed E-state index contributed by atoms with van der Waals surface area (Å²) in [6.45, 7) is 7.30. The van der Waals surface area contributed by atoms with Crippen LogP contribution in [0.3, 0.4) is 0 Å². The molecule has 6 heteroatoms. The van der Waals surface area contributed by atoms with Gasteiger partial charge in [-0.15, -0.1) is 0 Å². The normalized spacial score (nSPS) is 11.8. The highest BCUT2D eigenvalue weighted by atomic mass is 16.2. The van der Waals surface area contributed by atoms with Crippen molar-refractivity contribution in [1.29, 1.82) is 0 Å². The molecule has 0 aromatic heterocycles. The van der Waals surface area contributed by atoms with Crippen molar-refractivity contribution in [2.45, 2.75) is 26.3 Å². The van der Waals surface area contributed by atoms with Crippen molar-refractivity contribution in [3.8, 4) is 0 Å². The van der Waals surface area contributed by atoms with E-state index in [1.807, 2.05) is 13.8 Å². The predicted molar refractivity (Wildman–Crippen MR) is 73.0 cm³/mol. The van der Waals surface area contributed by atoms with Gasteiger partial charge in [-0.2, -0.15) is 0 Å². The smallest absolute Gasteiger partial charge is 0.245 e. The van der Waals surface area contributed by atoms with Gasteiger partial charge in [0.05, 0.1) is 0 Å². The molecule has 0 aromatic rings. The molecule has 1 atom stereocenters. The highest BCUT2D eigenvalue weighted by molar-refractivity contribution is 5.88. The Hall–Kier alpha value is -1.85. The number of rotatable bonds is 7. The Balaban J connectivity index is 4.53. The number of hydrogen-bond donors (Lipinski definition) is 1. The molecule has 0 saturated carbocycles. The largest absolute Gasteiger partial charge is 0.368 e. The first kappa shape index (κ1) is 17.2. The van der Waals surface area contributed by atoms with Gasteiger partial charge in [0.15, 0.2) is 0 Å². The first-order valence-electron chi connectivity index (χ1n) is 6.14. The van der Waals surface area contributed by atoms with E-state index in [-0.39, 0.29) is 30.7 Å². The molecule has 0 heterocycles. The number of carbonyl (C=O) groups is 3. The average molecular weight is 269 g/mol. The van der Waals surface area contributed by atoms with Crippen molar-refractivity contribution >= 4 is 17.7 Å². The highest BCUT2D eigenvalue weighted by Crippen LogP contribution is 2.10. The van der Waals surface area contributed by atoms with Crippen molar-refractivity contribution in [2.75, 3.05) is 20.6 Å². The Labute approximate surface area is 114 Å². The van der Waals surface area contributed by atoms with Crippen molar-refractivity contribution in [3.63, 3.8) is 0 Å². The van der Waals surface area contributed by atoms with Crippen LogP contribution in [0, 0.1) is 5.92 Å². The predicted octanol–water partition coefficient (Wildman–Crippen LogP) is -0.0108. The Morgan fingerprint density at radius 1 is 1.26 bits per heavy atom. The fourth-order valence-electron chi connectivity index (χ4n) is 1.83. The van der Waals surface area contributed by atoms with Crippen LogP contribution in [0.15, 0.2) is 12.7 Å². The van der Waals surface area contributed by atoms with Gasteiger partial charge < -0.3 is 15.5 Å². The minimum atomic E-state index is -0.632. The molecule has 0 fully saturated rings. The van der Waals surface area contributed by atoms with E-state index < -0.39 is 11.9 Å². The monoisotopic (exact) mass is 269 g/mol. The van der Waals surface area contributed by atoms with Crippen LogP contribution in [0.2, 0.25) is 0 Å². The lowest BCUT2D eigenvalue weighted by atomic mass is 10.0. The summed E-state index contributed by atoms with van der Waals surface area (Å²) < 4.78 is 0. The SMILES string of the molecule is C=CC(=O)N(C)CCC(=O)N(C)[C@H](C(N)=O)C(C)C. The number of likely N-dealkylation sites (N-methyl/N-ethyl adjacent to an activating group) is 2. The molecule has 0 spiro atoms. The van der Waals surface area contributed by atoms with Crippen molar-refractivity contribution < 1.29 is 14.4 Å². The van der Waals surface area contributed by atoms with E-state index in [1.54, 1.807) is 14.1 Å². The summed E-state index contributed by atoms with van der Waals surface area (Å²) in [5, 5.41) is 0. The number of primary amides is 1. The van der Waals surface area contributed by atoms with Crippen molar-refractivity contribution in [1.82, 2.24) is 9.80 Å². The Morgan fingerprint density at radius 3 is 2.16 bits per heavy atom. The minimum absolute atomic E-state index is 0.0565. The van der Waals surface area contributed by atoms with Crippen LogP contribution in [0.4, 0.5) is 0 Å². The lowest BCUT2D eigenvalue weighted by molar-refractivity contribution is -0.139. The molecule has 0 aliphatic heterocycles. The van der Waals surface area contributed by atoms with E-state index in [0.717, 1.165) is 0 Å². The van der Waals surface area contributed by atoms with Gasteiger partial charge in [-0.05, 0) is 12.0 Å². The lowest BCUT2D eigenvalue weighted by Crippen LogP contribution is -2.49. The van der Waals surface area contributed by atoms with Crippen LogP contribution in [0.5, 0.6) is 0 Å². The summed E-state index contributed by atoms with van der Waals surface area (Å²) in [6, 6.07) is -0.632. The third-order valence-electron chi connectivity index (χ3n) is 2.95. The molecule has 6 nitrogen and oxygen atoms in total. The van der Waals surface area contributed by atoms with E-state index in [2.05, 4.69) is 6.58 Å². The molecule has 0 aromatic carbocycles. The maximum atomic E-state index is 12.0. The van der Waals surface area contributed by atoms with Crippen molar-refractivity contribution in [2.24, 2.45) is 11.7 Å². The maximum absolute atomic E-state index is 12.0. The highest BCUT2D eigenvalue weighted by Gasteiger charge is 2.27. The van der Waals surface area contributed by atoms with Gasteiger partial charge >= 0.3 is 0 Å². The number of amides is 3. The van der Waals surface area contributed by atoms with Gasteiger partial charge in [-0.25, -0.2) is 0 Å². The first-order valence-corrected chi connectivity index (χ1v) is 6.14. The summed E-state index contributed by atoms with van der Waals surface area (Å²) in [6.07, 6.45) is 1.33. The van der Waals surface area contributed by atoms with Crippen LogP contribution in [-0.2, 0) is 14.4 Å². The molecular formula is C13H23N3O3. The Bertz CT molecular complexity index is 366. The van der Waals surface area contributed by atoms with E-state index in [1.165, 1.54) is 15.9 Å². The molecule has 0 aliphatic carbocycles. The molecule has 2 N–H and O–H groups in total. The molecule has 3 amide bonds. The maximum Gasteiger partial charge on any atom is 0.245 e. The third-order valence-corrected chi connectivity index (χ3v) is 2.95. The molecule has 0 rings (SSSR count). The summed E-state index contributed by atoms with van der Waals surface area (Å²) in [4.78, 5) is 37.3. The number of carbonyl (C=O) groups excluding carboxylic acids is 3. The number of nitrogens with two attached hydrogens (primary N) is 1. The van der Waals surface area contributed by atoms with Gasteiger partial charge in [0, 0.05) is 27.1 Å². The second-order valence-corrected chi connectivity index (χ2v) is 4.81. The standard InChI is InChI=1S/C13H23N3O3/c1-6-10(17)15(4)8-7-11(18)16(5)12(9(2)3)13(14)19/h6,9,12H,1,7-8H2,2-5H3,(H2,14,19)/t12-/m0/s1. The van der Waals surface area contributed by atoms with E-state index in [0.29, 0.717) is 0 Å². The third kappa shape index (κ3) is 5.11. The topological polar surface area (TPSA) is 83.7 Å². The van der Waals surface area contributed by atoms with Crippen LogP contribution in [0.25, 0.3) is 0 Å².